The van der Waals surface area contributed by atoms with Crippen LogP contribution < -0.4 is 0 Å². The third-order valence-corrected chi connectivity index (χ3v) is 2.85. The number of nitrogens with zero attached hydrogens (tertiary/aromatic N) is 3. The summed E-state index contributed by atoms with van der Waals surface area (Å²) in [5.41, 5.74) is 0.0995. The highest BCUT2D eigenvalue weighted by Gasteiger charge is 2.16. The molecular formula is C13H25N3. The van der Waals surface area contributed by atoms with Gasteiger partial charge in [0.15, 0.2) is 0 Å². The van der Waals surface area contributed by atoms with Gasteiger partial charge in [0.2, 0.25) is 0 Å². The Bertz CT molecular complexity index is 296. The summed E-state index contributed by atoms with van der Waals surface area (Å²) in [6, 6.07) is 0. The van der Waals surface area contributed by atoms with E-state index in [0.29, 0.717) is 0 Å². The third kappa shape index (κ3) is 3.95. The van der Waals surface area contributed by atoms with Gasteiger partial charge in [0.05, 0.1) is 0 Å². The van der Waals surface area contributed by atoms with Crippen molar-refractivity contribution in [1.82, 2.24) is 14.8 Å². The van der Waals surface area contributed by atoms with Crippen molar-refractivity contribution >= 4 is 0 Å². The summed E-state index contributed by atoms with van der Waals surface area (Å²) in [5, 5.41) is 8.23. The maximum Gasteiger partial charge on any atom is 0.133 e. The molecular weight excluding hydrogens is 198 g/mol. The summed E-state index contributed by atoms with van der Waals surface area (Å²) >= 11 is 0. The predicted molar refractivity (Wildman–Crippen MR) is 67.5 cm³/mol. The van der Waals surface area contributed by atoms with E-state index >= 15 is 0 Å². The lowest BCUT2D eigenvalue weighted by atomic mass is 10.1. The molecule has 0 N–H and O–H groups in total. The second kappa shape index (κ2) is 6.02. The predicted octanol–water partition coefficient (Wildman–Crippen LogP) is 3.55. The molecule has 1 aromatic heterocycles. The van der Waals surface area contributed by atoms with Crippen LogP contribution in [0.2, 0.25) is 0 Å². The smallest absolute Gasteiger partial charge is 0.133 e. The van der Waals surface area contributed by atoms with Crippen molar-refractivity contribution < 1.29 is 0 Å². The van der Waals surface area contributed by atoms with Crippen molar-refractivity contribution in [2.45, 2.75) is 71.8 Å². The fraction of sp³-hybridized carbons (Fsp3) is 0.846. The zero-order valence-electron chi connectivity index (χ0n) is 11.2. The van der Waals surface area contributed by atoms with Crippen molar-refractivity contribution in [1.29, 1.82) is 0 Å². The van der Waals surface area contributed by atoms with E-state index in [4.69, 9.17) is 0 Å². The summed E-state index contributed by atoms with van der Waals surface area (Å²) in [4.78, 5) is 0. The zero-order chi connectivity index (χ0) is 12.0. The number of rotatable bonds is 6. The van der Waals surface area contributed by atoms with Crippen molar-refractivity contribution in [3.63, 3.8) is 0 Å². The maximum atomic E-state index is 4.21. The number of aryl methyl sites for hydroxylation is 1. The Hall–Kier alpha value is -0.860. The molecule has 3 heteroatoms. The van der Waals surface area contributed by atoms with Gasteiger partial charge < -0.3 is 4.57 Å². The summed E-state index contributed by atoms with van der Waals surface area (Å²) in [6.07, 6.45) is 9.45. The van der Waals surface area contributed by atoms with E-state index in [0.717, 1.165) is 12.2 Å². The van der Waals surface area contributed by atoms with Gasteiger partial charge in [0, 0.05) is 12.0 Å². The van der Waals surface area contributed by atoms with Gasteiger partial charge in [-0.3, -0.25) is 0 Å². The maximum absolute atomic E-state index is 4.21. The molecule has 0 fully saturated rings. The van der Waals surface area contributed by atoms with Crippen LogP contribution in [0.15, 0.2) is 6.33 Å². The Kier molecular flexibility index (Phi) is 4.97. The Morgan fingerprint density at radius 3 is 2.44 bits per heavy atom. The van der Waals surface area contributed by atoms with E-state index in [1.807, 2.05) is 6.33 Å². The molecule has 0 bridgehead atoms. The van der Waals surface area contributed by atoms with Crippen LogP contribution in [0.4, 0.5) is 0 Å². The van der Waals surface area contributed by atoms with Gasteiger partial charge in [-0.25, -0.2) is 0 Å². The van der Waals surface area contributed by atoms with Crippen LogP contribution in [0.3, 0.4) is 0 Å². The minimum absolute atomic E-state index is 0.0995. The largest absolute Gasteiger partial charge is 0.312 e. The Labute approximate surface area is 99.3 Å². The second-order valence-electron chi connectivity index (χ2n) is 5.45. The van der Waals surface area contributed by atoms with Crippen LogP contribution in [-0.4, -0.2) is 14.8 Å². The highest BCUT2D eigenvalue weighted by molar-refractivity contribution is 4.92. The van der Waals surface area contributed by atoms with Crippen molar-refractivity contribution in [3.8, 4) is 0 Å². The third-order valence-electron chi connectivity index (χ3n) is 2.85. The van der Waals surface area contributed by atoms with E-state index in [-0.39, 0.29) is 5.54 Å². The lowest BCUT2D eigenvalue weighted by molar-refractivity contribution is 0.379. The van der Waals surface area contributed by atoms with Gasteiger partial charge in [-0.05, 0) is 27.2 Å². The molecule has 0 unspecified atom stereocenters. The Morgan fingerprint density at radius 1 is 1.12 bits per heavy atom. The molecule has 0 radical (unpaired) electrons. The Morgan fingerprint density at radius 2 is 1.81 bits per heavy atom. The first-order chi connectivity index (χ1) is 7.55. The highest BCUT2D eigenvalue weighted by atomic mass is 15.3. The van der Waals surface area contributed by atoms with Crippen molar-refractivity contribution in [3.05, 3.63) is 12.2 Å². The number of hydrogen-bond donors (Lipinski definition) is 0. The molecule has 16 heavy (non-hydrogen) atoms. The van der Waals surface area contributed by atoms with Crippen LogP contribution in [0.25, 0.3) is 0 Å². The lowest BCUT2D eigenvalue weighted by Gasteiger charge is -2.22. The molecule has 1 aromatic rings. The van der Waals surface area contributed by atoms with Gasteiger partial charge in [-0.1, -0.05) is 32.6 Å². The van der Waals surface area contributed by atoms with Crippen LogP contribution >= 0.6 is 0 Å². The summed E-state index contributed by atoms with van der Waals surface area (Å²) in [6.45, 7) is 8.82. The average molecular weight is 223 g/mol. The molecule has 0 spiro atoms. The molecule has 1 heterocycles. The topological polar surface area (TPSA) is 30.7 Å². The zero-order valence-corrected chi connectivity index (χ0v) is 11.2. The molecule has 0 aliphatic carbocycles. The quantitative estimate of drug-likeness (QED) is 0.690. The fourth-order valence-electron chi connectivity index (χ4n) is 1.88. The number of unbranched alkanes of at least 4 members (excludes halogenated alkanes) is 4. The SMILES string of the molecule is CCCCCCCc1nncn1C(C)(C)C. The van der Waals surface area contributed by atoms with Crippen molar-refractivity contribution in [2.24, 2.45) is 0 Å². The van der Waals surface area contributed by atoms with Gasteiger partial charge in [-0.15, -0.1) is 10.2 Å². The summed E-state index contributed by atoms with van der Waals surface area (Å²) in [7, 11) is 0. The van der Waals surface area contributed by atoms with E-state index in [2.05, 4.69) is 42.5 Å². The van der Waals surface area contributed by atoms with Gasteiger partial charge in [0.25, 0.3) is 0 Å². The van der Waals surface area contributed by atoms with Crippen LogP contribution in [-0.2, 0) is 12.0 Å². The van der Waals surface area contributed by atoms with E-state index in [1.54, 1.807) is 0 Å². The van der Waals surface area contributed by atoms with Crippen LogP contribution in [0, 0.1) is 0 Å². The fourth-order valence-corrected chi connectivity index (χ4v) is 1.88. The minimum Gasteiger partial charge on any atom is -0.312 e. The monoisotopic (exact) mass is 223 g/mol. The molecule has 0 saturated heterocycles. The van der Waals surface area contributed by atoms with E-state index in [1.165, 1.54) is 32.1 Å². The normalized spacial score (nSPS) is 12.0. The first-order valence-corrected chi connectivity index (χ1v) is 6.45. The molecule has 0 saturated carbocycles. The molecule has 0 aliphatic heterocycles. The minimum atomic E-state index is 0.0995. The van der Waals surface area contributed by atoms with Gasteiger partial charge in [0.1, 0.15) is 12.2 Å². The molecule has 0 atom stereocenters. The molecule has 92 valence electrons. The van der Waals surface area contributed by atoms with Crippen LogP contribution in [0.1, 0.15) is 65.6 Å². The van der Waals surface area contributed by atoms with E-state index < -0.39 is 0 Å². The van der Waals surface area contributed by atoms with Gasteiger partial charge >= 0.3 is 0 Å². The molecule has 3 nitrogen and oxygen atoms in total. The lowest BCUT2D eigenvalue weighted by Crippen LogP contribution is -2.23. The first-order valence-electron chi connectivity index (χ1n) is 6.45. The molecule has 0 aromatic carbocycles. The molecule has 0 aliphatic rings. The summed E-state index contributed by atoms with van der Waals surface area (Å²) in [5.74, 6) is 1.13. The number of hydrogen-bond acceptors (Lipinski definition) is 2. The standard InChI is InChI=1S/C13H25N3/c1-5-6-7-8-9-10-12-15-14-11-16(12)13(2,3)4/h11H,5-10H2,1-4H3. The van der Waals surface area contributed by atoms with E-state index in [9.17, 15) is 0 Å². The first kappa shape index (κ1) is 13.2. The van der Waals surface area contributed by atoms with Crippen molar-refractivity contribution in [2.75, 3.05) is 0 Å². The number of aromatic nitrogens is 3. The molecule has 0 amide bonds. The average Bonchev–Trinajstić information content (AvgIpc) is 2.65. The van der Waals surface area contributed by atoms with Crippen LogP contribution in [0.5, 0.6) is 0 Å². The van der Waals surface area contributed by atoms with Gasteiger partial charge in [-0.2, -0.15) is 0 Å². The Balaban J connectivity index is 2.40. The second-order valence-corrected chi connectivity index (χ2v) is 5.45. The highest BCUT2D eigenvalue weighted by Crippen LogP contribution is 2.16. The summed E-state index contributed by atoms with van der Waals surface area (Å²) < 4.78 is 2.19. The molecule has 1 rings (SSSR count).